The third-order valence-corrected chi connectivity index (χ3v) is 4.56. The molecule has 0 radical (unpaired) electrons. The van der Waals surface area contributed by atoms with Crippen LogP contribution in [0.1, 0.15) is 39.0 Å². The first-order chi connectivity index (χ1) is 9.71. The van der Waals surface area contributed by atoms with Crippen molar-refractivity contribution < 1.29 is 0 Å². The molecule has 0 bridgehead atoms. The molecule has 1 unspecified atom stereocenters. The molecule has 0 fully saturated rings. The van der Waals surface area contributed by atoms with Crippen LogP contribution in [-0.2, 0) is 13.5 Å². The van der Waals surface area contributed by atoms with Gasteiger partial charge in [-0.3, -0.25) is 4.68 Å². The maximum absolute atomic E-state index is 6.29. The molecule has 2 N–H and O–H groups in total. The average Bonchev–Trinajstić information content (AvgIpc) is 2.65. The standard InChI is InChI=1S/C18H27N3/c1-12-9-7-8-10-14(12)16-15(20-21(6)17(16)19)11-13(2)18(3,4)5/h7-10,13H,11,19H2,1-6H3. The second kappa shape index (κ2) is 5.55. The fourth-order valence-electron chi connectivity index (χ4n) is 2.48. The zero-order valence-corrected chi connectivity index (χ0v) is 14.1. The van der Waals surface area contributed by atoms with Crippen molar-refractivity contribution in [1.82, 2.24) is 9.78 Å². The number of benzene rings is 1. The summed E-state index contributed by atoms with van der Waals surface area (Å²) in [5.74, 6) is 1.29. The van der Waals surface area contributed by atoms with Gasteiger partial charge in [-0.05, 0) is 35.8 Å². The SMILES string of the molecule is Cc1ccccc1-c1c(CC(C)C(C)(C)C)nn(C)c1N. The average molecular weight is 285 g/mol. The van der Waals surface area contributed by atoms with Crippen molar-refractivity contribution in [3.63, 3.8) is 0 Å². The van der Waals surface area contributed by atoms with E-state index in [9.17, 15) is 0 Å². The Kier molecular flexibility index (Phi) is 4.13. The second-order valence-electron chi connectivity index (χ2n) is 7.12. The Labute approximate surface area is 128 Å². The lowest BCUT2D eigenvalue weighted by Crippen LogP contribution is -2.20. The molecule has 3 heteroatoms. The van der Waals surface area contributed by atoms with E-state index in [1.165, 1.54) is 11.1 Å². The summed E-state index contributed by atoms with van der Waals surface area (Å²) in [6.07, 6.45) is 0.943. The molecule has 3 nitrogen and oxygen atoms in total. The number of rotatable bonds is 3. The minimum Gasteiger partial charge on any atom is -0.383 e. The lowest BCUT2D eigenvalue weighted by molar-refractivity contribution is 0.258. The van der Waals surface area contributed by atoms with Crippen LogP contribution in [0.3, 0.4) is 0 Å². The van der Waals surface area contributed by atoms with E-state index in [-0.39, 0.29) is 5.41 Å². The minimum atomic E-state index is 0.259. The molecular weight excluding hydrogens is 258 g/mol. The quantitative estimate of drug-likeness (QED) is 0.918. The van der Waals surface area contributed by atoms with Crippen LogP contribution in [0.2, 0.25) is 0 Å². The highest BCUT2D eigenvalue weighted by Gasteiger charge is 2.25. The normalized spacial score (nSPS) is 13.4. The Morgan fingerprint density at radius 3 is 2.43 bits per heavy atom. The van der Waals surface area contributed by atoms with Crippen LogP contribution < -0.4 is 5.73 Å². The molecule has 0 aliphatic carbocycles. The van der Waals surface area contributed by atoms with Gasteiger partial charge in [0.25, 0.3) is 0 Å². The van der Waals surface area contributed by atoms with Gasteiger partial charge in [-0.1, -0.05) is 52.0 Å². The van der Waals surface area contributed by atoms with Gasteiger partial charge in [-0.15, -0.1) is 0 Å². The van der Waals surface area contributed by atoms with Crippen LogP contribution in [0.5, 0.6) is 0 Å². The van der Waals surface area contributed by atoms with Crippen molar-refractivity contribution in [3.05, 3.63) is 35.5 Å². The highest BCUT2D eigenvalue weighted by molar-refractivity contribution is 5.78. The highest BCUT2D eigenvalue weighted by Crippen LogP contribution is 2.36. The van der Waals surface area contributed by atoms with Gasteiger partial charge in [0.05, 0.1) is 5.69 Å². The number of hydrogen-bond donors (Lipinski definition) is 1. The monoisotopic (exact) mass is 285 g/mol. The maximum Gasteiger partial charge on any atom is 0.129 e. The smallest absolute Gasteiger partial charge is 0.129 e. The van der Waals surface area contributed by atoms with Crippen LogP contribution in [-0.4, -0.2) is 9.78 Å². The van der Waals surface area contributed by atoms with Crippen molar-refractivity contribution in [2.24, 2.45) is 18.4 Å². The van der Waals surface area contributed by atoms with E-state index in [4.69, 9.17) is 5.73 Å². The molecule has 1 aromatic heterocycles. The van der Waals surface area contributed by atoms with E-state index >= 15 is 0 Å². The summed E-state index contributed by atoms with van der Waals surface area (Å²) in [5, 5.41) is 4.67. The molecule has 2 aromatic rings. The number of nitrogen functional groups attached to an aromatic ring is 1. The van der Waals surface area contributed by atoms with Gasteiger partial charge in [-0.25, -0.2) is 0 Å². The lowest BCUT2D eigenvalue weighted by atomic mass is 9.79. The lowest BCUT2D eigenvalue weighted by Gasteiger charge is -2.27. The summed E-state index contributed by atoms with van der Waals surface area (Å²) in [6.45, 7) is 11.2. The first kappa shape index (κ1) is 15.6. The molecule has 0 saturated carbocycles. The predicted octanol–water partition coefficient (Wildman–Crippen LogP) is 4.20. The Bertz CT molecular complexity index is 632. The molecule has 114 valence electrons. The number of nitrogens with two attached hydrogens (primary N) is 1. The summed E-state index contributed by atoms with van der Waals surface area (Å²) >= 11 is 0. The maximum atomic E-state index is 6.29. The van der Waals surface area contributed by atoms with E-state index in [0.717, 1.165) is 23.5 Å². The zero-order valence-electron chi connectivity index (χ0n) is 14.1. The summed E-state index contributed by atoms with van der Waals surface area (Å²) in [5.41, 5.74) is 11.2. The molecule has 1 atom stereocenters. The van der Waals surface area contributed by atoms with Crippen LogP contribution in [0.25, 0.3) is 11.1 Å². The Morgan fingerprint density at radius 1 is 1.24 bits per heavy atom. The Hall–Kier alpha value is -1.77. The van der Waals surface area contributed by atoms with Gasteiger partial charge in [-0.2, -0.15) is 5.10 Å². The van der Waals surface area contributed by atoms with Crippen molar-refractivity contribution >= 4 is 5.82 Å². The van der Waals surface area contributed by atoms with E-state index in [1.807, 2.05) is 7.05 Å². The molecule has 1 heterocycles. The van der Waals surface area contributed by atoms with Gasteiger partial charge in [0.2, 0.25) is 0 Å². The molecule has 0 saturated heterocycles. The summed E-state index contributed by atoms with van der Waals surface area (Å²) in [4.78, 5) is 0. The van der Waals surface area contributed by atoms with Gasteiger partial charge in [0.1, 0.15) is 5.82 Å². The first-order valence-corrected chi connectivity index (χ1v) is 7.59. The minimum absolute atomic E-state index is 0.259. The second-order valence-corrected chi connectivity index (χ2v) is 7.12. The summed E-state index contributed by atoms with van der Waals surface area (Å²) in [7, 11) is 1.92. The molecule has 0 spiro atoms. The van der Waals surface area contributed by atoms with Crippen molar-refractivity contribution in [1.29, 1.82) is 0 Å². The number of nitrogens with zero attached hydrogens (tertiary/aromatic N) is 2. The van der Waals surface area contributed by atoms with Crippen molar-refractivity contribution in [2.45, 2.75) is 41.0 Å². The Balaban J connectivity index is 2.50. The molecule has 0 aliphatic heterocycles. The summed E-state index contributed by atoms with van der Waals surface area (Å²) in [6, 6.07) is 8.38. The van der Waals surface area contributed by atoms with Crippen LogP contribution in [0, 0.1) is 18.3 Å². The molecule has 1 aromatic carbocycles. The van der Waals surface area contributed by atoms with Crippen molar-refractivity contribution in [2.75, 3.05) is 5.73 Å². The van der Waals surface area contributed by atoms with Crippen LogP contribution >= 0.6 is 0 Å². The Morgan fingerprint density at radius 2 is 1.86 bits per heavy atom. The molecule has 0 amide bonds. The molecule has 0 aliphatic rings. The third kappa shape index (κ3) is 3.12. The number of hydrogen-bond acceptors (Lipinski definition) is 2. The van der Waals surface area contributed by atoms with Gasteiger partial charge in [0, 0.05) is 12.6 Å². The first-order valence-electron chi connectivity index (χ1n) is 7.59. The van der Waals surface area contributed by atoms with E-state index in [2.05, 4.69) is 64.0 Å². The predicted molar refractivity (Wildman–Crippen MR) is 90.1 cm³/mol. The number of aromatic nitrogens is 2. The third-order valence-electron chi connectivity index (χ3n) is 4.56. The number of aryl methyl sites for hydroxylation is 2. The molecule has 21 heavy (non-hydrogen) atoms. The van der Waals surface area contributed by atoms with Crippen LogP contribution in [0.4, 0.5) is 5.82 Å². The molecule has 2 rings (SSSR count). The van der Waals surface area contributed by atoms with Gasteiger partial charge < -0.3 is 5.73 Å². The molecular formula is C18H27N3. The van der Waals surface area contributed by atoms with E-state index < -0.39 is 0 Å². The largest absolute Gasteiger partial charge is 0.383 e. The van der Waals surface area contributed by atoms with E-state index in [1.54, 1.807) is 4.68 Å². The van der Waals surface area contributed by atoms with E-state index in [0.29, 0.717) is 5.92 Å². The van der Waals surface area contributed by atoms with Gasteiger partial charge >= 0.3 is 0 Å². The topological polar surface area (TPSA) is 43.8 Å². The fourth-order valence-corrected chi connectivity index (χ4v) is 2.48. The fraction of sp³-hybridized carbons (Fsp3) is 0.500. The number of anilines is 1. The zero-order chi connectivity index (χ0) is 15.8. The van der Waals surface area contributed by atoms with Crippen molar-refractivity contribution in [3.8, 4) is 11.1 Å². The van der Waals surface area contributed by atoms with Gasteiger partial charge in [0.15, 0.2) is 0 Å². The summed E-state index contributed by atoms with van der Waals surface area (Å²) < 4.78 is 1.80. The highest BCUT2D eigenvalue weighted by atomic mass is 15.3. The van der Waals surface area contributed by atoms with Crippen LogP contribution in [0.15, 0.2) is 24.3 Å².